The topological polar surface area (TPSA) is 59.4 Å². The van der Waals surface area contributed by atoms with Gasteiger partial charge in [-0.1, -0.05) is 29.8 Å². The standard InChI is InChI=1S/C22H30N4O2/c1-17-3-5-18(6-4-17)16-26-13-10-22(11-14-26)9-7-19(28-22)15-23-21(27)20-8-12-25(2)24-20/h3-6,8,12,19H,7,9-11,13-16H2,1-2H3,(H,23,27)/t19-/m0/s1. The monoisotopic (exact) mass is 382 g/mol. The highest BCUT2D eigenvalue weighted by Crippen LogP contribution is 2.39. The second kappa shape index (κ2) is 8.05. The van der Waals surface area contributed by atoms with Crippen molar-refractivity contribution in [2.75, 3.05) is 19.6 Å². The number of aromatic nitrogens is 2. The van der Waals surface area contributed by atoms with Crippen molar-refractivity contribution in [2.24, 2.45) is 7.05 Å². The lowest BCUT2D eigenvalue weighted by Crippen LogP contribution is -2.44. The summed E-state index contributed by atoms with van der Waals surface area (Å²) in [5, 5.41) is 7.12. The summed E-state index contributed by atoms with van der Waals surface area (Å²) >= 11 is 0. The molecule has 28 heavy (non-hydrogen) atoms. The van der Waals surface area contributed by atoms with Crippen molar-refractivity contribution >= 4 is 5.91 Å². The normalized spacial score (nSPS) is 21.9. The van der Waals surface area contributed by atoms with E-state index in [0.717, 1.165) is 45.3 Å². The van der Waals surface area contributed by atoms with Gasteiger partial charge >= 0.3 is 0 Å². The molecule has 1 amide bonds. The number of nitrogens with zero attached hydrogens (tertiary/aromatic N) is 3. The van der Waals surface area contributed by atoms with Crippen LogP contribution in [-0.4, -0.2) is 51.9 Å². The SMILES string of the molecule is Cc1ccc(CN2CCC3(CC[C@@H](CNC(=O)c4ccn(C)n4)O3)CC2)cc1. The number of carbonyl (C=O) groups is 1. The lowest BCUT2D eigenvalue weighted by Gasteiger charge is -2.39. The molecule has 1 aromatic heterocycles. The predicted octanol–water partition coefficient (Wildman–Crippen LogP) is 2.67. The van der Waals surface area contributed by atoms with Gasteiger partial charge in [0.2, 0.25) is 0 Å². The maximum absolute atomic E-state index is 12.2. The molecule has 0 bridgehead atoms. The molecule has 2 aliphatic heterocycles. The molecule has 3 heterocycles. The Bertz CT molecular complexity index is 806. The first-order chi connectivity index (χ1) is 13.5. The molecule has 0 unspecified atom stereocenters. The lowest BCUT2D eigenvalue weighted by molar-refractivity contribution is -0.0764. The summed E-state index contributed by atoms with van der Waals surface area (Å²) < 4.78 is 8.07. The first kappa shape index (κ1) is 19.2. The van der Waals surface area contributed by atoms with E-state index in [1.165, 1.54) is 11.1 Å². The van der Waals surface area contributed by atoms with Crippen molar-refractivity contribution in [2.45, 2.75) is 50.9 Å². The third kappa shape index (κ3) is 4.45. The van der Waals surface area contributed by atoms with E-state index in [1.54, 1.807) is 16.9 Å². The van der Waals surface area contributed by atoms with Gasteiger partial charge in [-0.2, -0.15) is 5.10 Å². The molecule has 4 rings (SSSR count). The molecular weight excluding hydrogens is 352 g/mol. The molecule has 2 fully saturated rings. The predicted molar refractivity (Wildman–Crippen MR) is 108 cm³/mol. The van der Waals surface area contributed by atoms with E-state index in [1.807, 2.05) is 7.05 Å². The van der Waals surface area contributed by atoms with Crippen LogP contribution in [0.15, 0.2) is 36.5 Å². The molecule has 2 saturated heterocycles. The van der Waals surface area contributed by atoms with Crippen molar-refractivity contribution in [1.29, 1.82) is 0 Å². The van der Waals surface area contributed by atoms with Crippen LogP contribution in [0.3, 0.4) is 0 Å². The summed E-state index contributed by atoms with van der Waals surface area (Å²) in [7, 11) is 1.81. The van der Waals surface area contributed by atoms with Crippen LogP contribution in [0, 0.1) is 6.92 Å². The number of ether oxygens (including phenoxy) is 1. The fraction of sp³-hybridized carbons (Fsp3) is 0.545. The van der Waals surface area contributed by atoms with Crippen LogP contribution in [0.5, 0.6) is 0 Å². The fourth-order valence-electron chi connectivity index (χ4n) is 4.31. The molecule has 150 valence electrons. The van der Waals surface area contributed by atoms with Gasteiger partial charge in [-0.3, -0.25) is 14.4 Å². The van der Waals surface area contributed by atoms with Crippen LogP contribution in [0.1, 0.15) is 47.3 Å². The largest absolute Gasteiger partial charge is 0.370 e. The number of piperidine rings is 1. The lowest BCUT2D eigenvalue weighted by atomic mass is 9.88. The summed E-state index contributed by atoms with van der Waals surface area (Å²) in [6.45, 7) is 5.84. The highest BCUT2D eigenvalue weighted by molar-refractivity contribution is 5.92. The molecule has 0 aliphatic carbocycles. The van der Waals surface area contributed by atoms with Gasteiger partial charge in [-0.05, 0) is 44.2 Å². The molecule has 2 aromatic rings. The van der Waals surface area contributed by atoms with Crippen LogP contribution in [-0.2, 0) is 18.3 Å². The Balaban J connectivity index is 1.23. The Hall–Kier alpha value is -2.18. The first-order valence-electron chi connectivity index (χ1n) is 10.2. The van der Waals surface area contributed by atoms with Crippen molar-refractivity contribution in [3.8, 4) is 0 Å². The maximum Gasteiger partial charge on any atom is 0.271 e. The third-order valence-electron chi connectivity index (χ3n) is 6.07. The average Bonchev–Trinajstić information content (AvgIpc) is 3.30. The highest BCUT2D eigenvalue weighted by atomic mass is 16.5. The minimum Gasteiger partial charge on any atom is -0.370 e. The van der Waals surface area contributed by atoms with E-state index in [2.05, 4.69) is 46.5 Å². The molecule has 1 N–H and O–H groups in total. The van der Waals surface area contributed by atoms with E-state index < -0.39 is 0 Å². The van der Waals surface area contributed by atoms with E-state index in [-0.39, 0.29) is 17.6 Å². The molecule has 0 saturated carbocycles. The summed E-state index contributed by atoms with van der Waals surface area (Å²) in [6, 6.07) is 10.6. The van der Waals surface area contributed by atoms with Crippen LogP contribution in [0.4, 0.5) is 0 Å². The van der Waals surface area contributed by atoms with Crippen LogP contribution < -0.4 is 5.32 Å². The molecule has 1 atom stereocenters. The molecule has 0 radical (unpaired) electrons. The second-order valence-electron chi connectivity index (χ2n) is 8.31. The number of aryl methyl sites for hydroxylation is 2. The van der Waals surface area contributed by atoms with Crippen molar-refractivity contribution in [3.05, 3.63) is 53.3 Å². The molecule has 2 aliphatic rings. The Morgan fingerprint density at radius 2 is 1.96 bits per heavy atom. The van der Waals surface area contributed by atoms with Crippen LogP contribution in [0.25, 0.3) is 0 Å². The fourth-order valence-corrected chi connectivity index (χ4v) is 4.31. The van der Waals surface area contributed by atoms with Gasteiger partial charge in [0.25, 0.3) is 5.91 Å². The average molecular weight is 383 g/mol. The Kier molecular flexibility index (Phi) is 5.51. The van der Waals surface area contributed by atoms with Gasteiger partial charge in [0, 0.05) is 39.4 Å². The molecule has 6 nitrogen and oxygen atoms in total. The van der Waals surface area contributed by atoms with Crippen LogP contribution in [0.2, 0.25) is 0 Å². The Morgan fingerprint density at radius 3 is 2.64 bits per heavy atom. The number of hydrogen-bond acceptors (Lipinski definition) is 4. The number of amides is 1. The minimum atomic E-state index is -0.127. The van der Waals surface area contributed by atoms with Gasteiger partial charge in [0.05, 0.1) is 11.7 Å². The zero-order valence-electron chi connectivity index (χ0n) is 16.9. The van der Waals surface area contributed by atoms with Gasteiger partial charge in [-0.25, -0.2) is 0 Å². The van der Waals surface area contributed by atoms with Crippen molar-refractivity contribution < 1.29 is 9.53 Å². The number of carbonyl (C=O) groups excluding carboxylic acids is 1. The van der Waals surface area contributed by atoms with Crippen LogP contribution >= 0.6 is 0 Å². The van der Waals surface area contributed by atoms with Gasteiger partial charge in [-0.15, -0.1) is 0 Å². The molecule has 1 aromatic carbocycles. The highest BCUT2D eigenvalue weighted by Gasteiger charge is 2.42. The Morgan fingerprint density at radius 1 is 1.21 bits per heavy atom. The quantitative estimate of drug-likeness (QED) is 0.864. The maximum atomic E-state index is 12.2. The van der Waals surface area contributed by atoms with Gasteiger partial charge in [0.15, 0.2) is 0 Å². The molecule has 6 heteroatoms. The van der Waals surface area contributed by atoms with Gasteiger partial charge < -0.3 is 10.1 Å². The Labute approximate surface area is 166 Å². The number of rotatable bonds is 5. The number of benzene rings is 1. The van der Waals surface area contributed by atoms with Gasteiger partial charge in [0.1, 0.15) is 5.69 Å². The third-order valence-corrected chi connectivity index (χ3v) is 6.07. The zero-order valence-corrected chi connectivity index (χ0v) is 16.9. The number of likely N-dealkylation sites (tertiary alicyclic amines) is 1. The zero-order chi connectivity index (χ0) is 19.6. The van der Waals surface area contributed by atoms with E-state index >= 15 is 0 Å². The molecular formula is C22H30N4O2. The smallest absolute Gasteiger partial charge is 0.271 e. The summed E-state index contributed by atoms with van der Waals surface area (Å²) in [4.78, 5) is 14.7. The number of nitrogens with one attached hydrogen (secondary N) is 1. The number of hydrogen-bond donors (Lipinski definition) is 1. The van der Waals surface area contributed by atoms with E-state index in [4.69, 9.17) is 4.74 Å². The van der Waals surface area contributed by atoms with E-state index in [9.17, 15) is 4.79 Å². The molecule has 1 spiro atoms. The summed E-state index contributed by atoms with van der Waals surface area (Å²) in [6.07, 6.45) is 6.14. The summed E-state index contributed by atoms with van der Waals surface area (Å²) in [5.41, 5.74) is 3.15. The second-order valence-corrected chi connectivity index (χ2v) is 8.31. The minimum absolute atomic E-state index is 0.00413. The van der Waals surface area contributed by atoms with E-state index in [0.29, 0.717) is 12.2 Å². The summed E-state index contributed by atoms with van der Waals surface area (Å²) in [5.74, 6) is -0.127. The van der Waals surface area contributed by atoms with Crippen molar-refractivity contribution in [1.82, 2.24) is 20.0 Å². The van der Waals surface area contributed by atoms with Crippen molar-refractivity contribution in [3.63, 3.8) is 0 Å². The first-order valence-corrected chi connectivity index (χ1v) is 10.2.